The van der Waals surface area contributed by atoms with Crippen molar-refractivity contribution < 1.29 is 4.79 Å². The Hall–Kier alpha value is -1.10. The first kappa shape index (κ1) is 13.3. The molecule has 18 heavy (non-hydrogen) atoms. The highest BCUT2D eigenvalue weighted by molar-refractivity contribution is 9.09. The van der Waals surface area contributed by atoms with Gasteiger partial charge in [-0.25, -0.2) is 0 Å². The van der Waals surface area contributed by atoms with Gasteiger partial charge in [0.1, 0.15) is 5.69 Å². The highest BCUT2D eigenvalue weighted by Crippen LogP contribution is 2.28. The molecule has 0 aromatic carbocycles. The van der Waals surface area contributed by atoms with Crippen LogP contribution in [0.15, 0.2) is 23.0 Å². The van der Waals surface area contributed by atoms with Gasteiger partial charge in [-0.2, -0.15) is 0 Å². The zero-order chi connectivity index (χ0) is 13.0. The molecule has 1 aliphatic carbocycles. The molecular weight excluding hydrogens is 296 g/mol. The SMILES string of the molecule is O=C(NCC1CCCC(Br)C1)c1cccc(=O)[nH]1. The van der Waals surface area contributed by atoms with E-state index in [9.17, 15) is 9.59 Å². The number of carbonyl (C=O) groups excluding carboxylic acids is 1. The number of H-pyrrole nitrogens is 1. The number of hydrogen-bond acceptors (Lipinski definition) is 2. The topological polar surface area (TPSA) is 62.0 Å². The summed E-state index contributed by atoms with van der Waals surface area (Å²) in [6.07, 6.45) is 4.69. The fraction of sp³-hybridized carbons (Fsp3) is 0.538. The minimum atomic E-state index is -0.249. The van der Waals surface area contributed by atoms with Gasteiger partial charge < -0.3 is 10.3 Å². The fourth-order valence-electron chi connectivity index (χ4n) is 2.32. The van der Waals surface area contributed by atoms with Crippen LogP contribution in [0.3, 0.4) is 0 Å². The molecular formula is C13H17BrN2O2. The van der Waals surface area contributed by atoms with Crippen LogP contribution in [0.5, 0.6) is 0 Å². The number of amides is 1. The number of carbonyl (C=O) groups is 1. The van der Waals surface area contributed by atoms with E-state index in [-0.39, 0.29) is 11.5 Å². The van der Waals surface area contributed by atoms with Crippen molar-refractivity contribution in [1.29, 1.82) is 0 Å². The number of alkyl halides is 1. The van der Waals surface area contributed by atoms with Gasteiger partial charge in [0.25, 0.3) is 5.91 Å². The molecule has 1 amide bonds. The number of halogens is 1. The van der Waals surface area contributed by atoms with Crippen molar-refractivity contribution in [2.45, 2.75) is 30.5 Å². The standard InChI is InChI=1S/C13H17BrN2O2/c14-10-4-1-3-9(7-10)8-15-13(18)11-5-2-6-12(17)16-11/h2,5-6,9-10H,1,3-4,7-8H2,(H,15,18)(H,16,17). The Labute approximate surface area is 114 Å². The fourth-order valence-corrected chi connectivity index (χ4v) is 3.18. The van der Waals surface area contributed by atoms with Gasteiger partial charge in [-0.05, 0) is 31.2 Å². The summed E-state index contributed by atoms with van der Waals surface area (Å²) in [5, 5.41) is 2.89. The molecule has 5 heteroatoms. The summed E-state index contributed by atoms with van der Waals surface area (Å²) in [4.78, 5) is 26.0. The van der Waals surface area contributed by atoms with Crippen LogP contribution in [-0.4, -0.2) is 22.3 Å². The summed E-state index contributed by atoms with van der Waals surface area (Å²) in [6.45, 7) is 0.678. The Morgan fingerprint density at radius 3 is 3.00 bits per heavy atom. The molecule has 4 nitrogen and oxygen atoms in total. The van der Waals surface area contributed by atoms with Crippen molar-refractivity contribution in [1.82, 2.24) is 10.3 Å². The third-order valence-electron chi connectivity index (χ3n) is 3.28. The minimum Gasteiger partial charge on any atom is -0.350 e. The van der Waals surface area contributed by atoms with Crippen molar-refractivity contribution in [2.75, 3.05) is 6.54 Å². The van der Waals surface area contributed by atoms with E-state index in [0.29, 0.717) is 23.0 Å². The molecule has 0 saturated heterocycles. The molecule has 1 heterocycles. The Kier molecular flexibility index (Phi) is 4.58. The zero-order valence-corrected chi connectivity index (χ0v) is 11.7. The second-order valence-corrected chi connectivity index (χ2v) is 6.06. The maximum Gasteiger partial charge on any atom is 0.267 e. The number of nitrogens with one attached hydrogen (secondary N) is 2. The molecule has 1 aliphatic rings. The summed E-state index contributed by atoms with van der Waals surface area (Å²) < 4.78 is 0. The maximum absolute atomic E-state index is 11.8. The summed E-state index contributed by atoms with van der Waals surface area (Å²) in [5.74, 6) is 0.326. The molecule has 0 spiro atoms. The van der Waals surface area contributed by atoms with Crippen LogP contribution in [0.4, 0.5) is 0 Å². The predicted molar refractivity (Wildman–Crippen MR) is 74.1 cm³/mol. The van der Waals surface area contributed by atoms with Crippen LogP contribution >= 0.6 is 15.9 Å². The number of pyridine rings is 1. The van der Waals surface area contributed by atoms with Gasteiger partial charge in [-0.3, -0.25) is 9.59 Å². The lowest BCUT2D eigenvalue weighted by molar-refractivity contribution is 0.0938. The Morgan fingerprint density at radius 2 is 2.28 bits per heavy atom. The lowest BCUT2D eigenvalue weighted by atomic mass is 9.89. The van der Waals surface area contributed by atoms with Crippen molar-refractivity contribution in [3.63, 3.8) is 0 Å². The van der Waals surface area contributed by atoms with E-state index in [1.165, 1.54) is 18.9 Å². The monoisotopic (exact) mass is 312 g/mol. The van der Waals surface area contributed by atoms with E-state index >= 15 is 0 Å². The molecule has 1 fully saturated rings. The summed E-state index contributed by atoms with van der Waals surface area (Å²) >= 11 is 3.63. The number of aromatic nitrogens is 1. The second-order valence-electron chi connectivity index (χ2n) is 4.77. The molecule has 2 rings (SSSR count). The molecule has 98 valence electrons. The van der Waals surface area contributed by atoms with E-state index in [1.807, 2.05) is 0 Å². The highest BCUT2D eigenvalue weighted by atomic mass is 79.9. The molecule has 1 aromatic heterocycles. The third-order valence-corrected chi connectivity index (χ3v) is 4.11. The van der Waals surface area contributed by atoms with Crippen LogP contribution < -0.4 is 10.9 Å². The minimum absolute atomic E-state index is 0.204. The first-order valence-electron chi connectivity index (χ1n) is 6.27. The third kappa shape index (κ3) is 3.70. The Bertz CT molecular complexity index is 472. The van der Waals surface area contributed by atoms with Crippen LogP contribution in [0, 0.1) is 5.92 Å². The predicted octanol–water partition coefficient (Wildman–Crippen LogP) is 2.06. The van der Waals surface area contributed by atoms with Gasteiger partial charge in [0, 0.05) is 17.4 Å². The van der Waals surface area contributed by atoms with E-state index in [2.05, 4.69) is 26.2 Å². The normalized spacial score (nSPS) is 23.6. The lowest BCUT2D eigenvalue weighted by Crippen LogP contribution is -2.33. The smallest absolute Gasteiger partial charge is 0.267 e. The van der Waals surface area contributed by atoms with Gasteiger partial charge >= 0.3 is 0 Å². The molecule has 0 bridgehead atoms. The van der Waals surface area contributed by atoms with E-state index in [4.69, 9.17) is 0 Å². The maximum atomic E-state index is 11.8. The molecule has 0 aliphatic heterocycles. The molecule has 2 N–H and O–H groups in total. The van der Waals surface area contributed by atoms with Crippen LogP contribution in [0.1, 0.15) is 36.2 Å². The summed E-state index contributed by atoms with van der Waals surface area (Å²) in [6, 6.07) is 4.60. The molecule has 0 radical (unpaired) electrons. The van der Waals surface area contributed by atoms with Gasteiger partial charge in [-0.15, -0.1) is 0 Å². The van der Waals surface area contributed by atoms with E-state index in [0.717, 1.165) is 12.8 Å². The molecule has 2 unspecified atom stereocenters. The number of aromatic amines is 1. The first-order valence-corrected chi connectivity index (χ1v) is 7.18. The average molecular weight is 313 g/mol. The molecule has 2 atom stereocenters. The lowest BCUT2D eigenvalue weighted by Gasteiger charge is -2.25. The summed E-state index contributed by atoms with van der Waals surface area (Å²) in [7, 11) is 0. The van der Waals surface area contributed by atoms with E-state index < -0.39 is 0 Å². The van der Waals surface area contributed by atoms with Crippen molar-refractivity contribution >= 4 is 21.8 Å². The van der Waals surface area contributed by atoms with Crippen molar-refractivity contribution in [3.8, 4) is 0 Å². The molecule has 1 aromatic rings. The quantitative estimate of drug-likeness (QED) is 0.839. The van der Waals surface area contributed by atoms with Crippen molar-refractivity contribution in [3.05, 3.63) is 34.2 Å². The van der Waals surface area contributed by atoms with Gasteiger partial charge in [0.2, 0.25) is 5.56 Å². The van der Waals surface area contributed by atoms with Crippen LogP contribution in [0.2, 0.25) is 0 Å². The number of rotatable bonds is 3. The average Bonchev–Trinajstić information content (AvgIpc) is 2.36. The van der Waals surface area contributed by atoms with Crippen LogP contribution in [-0.2, 0) is 0 Å². The molecule has 1 saturated carbocycles. The van der Waals surface area contributed by atoms with Gasteiger partial charge in [-0.1, -0.05) is 28.4 Å². The van der Waals surface area contributed by atoms with Crippen molar-refractivity contribution in [2.24, 2.45) is 5.92 Å². The Morgan fingerprint density at radius 1 is 1.44 bits per heavy atom. The largest absolute Gasteiger partial charge is 0.350 e. The van der Waals surface area contributed by atoms with Gasteiger partial charge in [0.05, 0.1) is 0 Å². The second kappa shape index (κ2) is 6.18. The zero-order valence-electron chi connectivity index (χ0n) is 10.1. The van der Waals surface area contributed by atoms with Gasteiger partial charge in [0.15, 0.2) is 0 Å². The Balaban J connectivity index is 1.86. The van der Waals surface area contributed by atoms with Crippen LogP contribution in [0.25, 0.3) is 0 Å². The first-order chi connectivity index (χ1) is 8.65. The number of hydrogen-bond donors (Lipinski definition) is 2. The highest BCUT2D eigenvalue weighted by Gasteiger charge is 2.20. The van der Waals surface area contributed by atoms with E-state index in [1.54, 1.807) is 12.1 Å². The summed E-state index contributed by atoms with van der Waals surface area (Å²) in [5.41, 5.74) is 0.0783.